The van der Waals surface area contributed by atoms with Crippen LogP contribution in [0.5, 0.6) is 0 Å². The number of nitrogens with zero attached hydrogens (tertiary/aromatic N) is 2. The van der Waals surface area contributed by atoms with Crippen LogP contribution in [0.15, 0.2) is 29.6 Å². The Morgan fingerprint density at radius 2 is 2.10 bits per heavy atom. The van der Waals surface area contributed by atoms with E-state index in [0.29, 0.717) is 0 Å². The molecule has 0 bridgehead atoms. The highest BCUT2D eigenvalue weighted by Gasteiger charge is 2.18. The van der Waals surface area contributed by atoms with Crippen LogP contribution in [0.3, 0.4) is 0 Å². The molecule has 21 heavy (non-hydrogen) atoms. The SMILES string of the molecule is CC1CCCCN1CCc1nc(-c2ccc(N)cc2)cs1. The Bertz CT molecular complexity index is 576. The van der Waals surface area contributed by atoms with E-state index >= 15 is 0 Å². The van der Waals surface area contributed by atoms with Gasteiger partial charge in [-0.05, 0) is 38.4 Å². The van der Waals surface area contributed by atoms with E-state index in [9.17, 15) is 0 Å². The van der Waals surface area contributed by atoms with Gasteiger partial charge in [0.1, 0.15) is 0 Å². The van der Waals surface area contributed by atoms with Gasteiger partial charge in [0.15, 0.2) is 0 Å². The highest BCUT2D eigenvalue weighted by molar-refractivity contribution is 7.09. The lowest BCUT2D eigenvalue weighted by Crippen LogP contribution is -2.38. The second-order valence-corrected chi connectivity index (χ2v) is 6.82. The molecule has 1 aliphatic heterocycles. The Morgan fingerprint density at radius 3 is 2.86 bits per heavy atom. The van der Waals surface area contributed by atoms with Crippen LogP contribution in [0, 0.1) is 0 Å². The first-order chi connectivity index (χ1) is 10.2. The average Bonchev–Trinajstić information content (AvgIpc) is 2.96. The molecule has 2 N–H and O–H groups in total. The third kappa shape index (κ3) is 3.63. The normalized spacial score (nSPS) is 19.8. The molecule has 0 amide bonds. The Morgan fingerprint density at radius 1 is 1.29 bits per heavy atom. The quantitative estimate of drug-likeness (QED) is 0.873. The van der Waals surface area contributed by atoms with Crippen molar-refractivity contribution < 1.29 is 0 Å². The first kappa shape index (κ1) is 14.5. The van der Waals surface area contributed by atoms with E-state index in [1.807, 2.05) is 24.3 Å². The van der Waals surface area contributed by atoms with Crippen molar-refractivity contribution in [3.8, 4) is 11.3 Å². The summed E-state index contributed by atoms with van der Waals surface area (Å²) in [6, 6.07) is 8.69. The van der Waals surface area contributed by atoms with Crippen molar-refractivity contribution in [1.82, 2.24) is 9.88 Å². The van der Waals surface area contributed by atoms with Crippen molar-refractivity contribution in [1.29, 1.82) is 0 Å². The smallest absolute Gasteiger partial charge is 0.0945 e. The molecule has 0 spiro atoms. The van der Waals surface area contributed by atoms with E-state index in [-0.39, 0.29) is 0 Å². The second-order valence-electron chi connectivity index (χ2n) is 5.88. The van der Waals surface area contributed by atoms with Gasteiger partial charge in [-0.15, -0.1) is 11.3 Å². The van der Waals surface area contributed by atoms with Crippen molar-refractivity contribution in [3.05, 3.63) is 34.7 Å². The number of nitrogen functional groups attached to an aromatic ring is 1. The van der Waals surface area contributed by atoms with Gasteiger partial charge in [-0.25, -0.2) is 4.98 Å². The van der Waals surface area contributed by atoms with Crippen LogP contribution >= 0.6 is 11.3 Å². The van der Waals surface area contributed by atoms with Crippen LogP contribution < -0.4 is 5.73 Å². The fourth-order valence-electron chi connectivity index (χ4n) is 2.94. The van der Waals surface area contributed by atoms with Gasteiger partial charge in [-0.3, -0.25) is 0 Å². The average molecular weight is 301 g/mol. The number of nitrogens with two attached hydrogens (primary N) is 1. The van der Waals surface area contributed by atoms with E-state index in [2.05, 4.69) is 17.2 Å². The number of hydrogen-bond acceptors (Lipinski definition) is 4. The molecule has 1 aliphatic rings. The summed E-state index contributed by atoms with van der Waals surface area (Å²) in [6.07, 6.45) is 5.13. The lowest BCUT2D eigenvalue weighted by Gasteiger charge is -2.32. The molecule has 1 fully saturated rings. The summed E-state index contributed by atoms with van der Waals surface area (Å²) in [5, 5.41) is 3.39. The molecular weight excluding hydrogens is 278 g/mol. The van der Waals surface area contributed by atoms with Crippen LogP contribution in [-0.4, -0.2) is 29.0 Å². The maximum Gasteiger partial charge on any atom is 0.0945 e. The molecule has 0 saturated carbocycles. The van der Waals surface area contributed by atoms with E-state index in [4.69, 9.17) is 10.7 Å². The minimum atomic E-state index is 0.732. The van der Waals surface area contributed by atoms with Gasteiger partial charge in [0, 0.05) is 35.6 Å². The largest absolute Gasteiger partial charge is 0.399 e. The molecule has 3 rings (SSSR count). The lowest BCUT2D eigenvalue weighted by atomic mass is 10.0. The summed E-state index contributed by atoms with van der Waals surface area (Å²) in [5.74, 6) is 0. The third-order valence-electron chi connectivity index (χ3n) is 4.31. The Kier molecular flexibility index (Phi) is 4.56. The molecule has 2 aromatic rings. The van der Waals surface area contributed by atoms with Gasteiger partial charge in [0.25, 0.3) is 0 Å². The highest BCUT2D eigenvalue weighted by Crippen LogP contribution is 2.24. The minimum Gasteiger partial charge on any atom is -0.399 e. The number of rotatable bonds is 4. The number of likely N-dealkylation sites (tertiary alicyclic amines) is 1. The summed E-state index contributed by atoms with van der Waals surface area (Å²) in [7, 11) is 0. The Balaban J connectivity index is 1.61. The zero-order chi connectivity index (χ0) is 14.7. The molecule has 1 atom stereocenters. The highest BCUT2D eigenvalue weighted by atomic mass is 32.1. The minimum absolute atomic E-state index is 0.732. The number of hydrogen-bond donors (Lipinski definition) is 1. The maximum absolute atomic E-state index is 5.73. The zero-order valence-electron chi connectivity index (χ0n) is 12.6. The first-order valence-electron chi connectivity index (χ1n) is 7.77. The van der Waals surface area contributed by atoms with Crippen molar-refractivity contribution in [3.63, 3.8) is 0 Å². The molecule has 3 nitrogen and oxygen atoms in total. The summed E-state index contributed by atoms with van der Waals surface area (Å²) >= 11 is 1.77. The van der Waals surface area contributed by atoms with Crippen molar-refractivity contribution in [2.75, 3.05) is 18.8 Å². The summed E-state index contributed by atoms with van der Waals surface area (Å²) < 4.78 is 0. The van der Waals surface area contributed by atoms with Gasteiger partial charge in [0.2, 0.25) is 0 Å². The molecule has 1 aromatic carbocycles. The number of benzene rings is 1. The van der Waals surface area contributed by atoms with E-state index in [1.165, 1.54) is 30.8 Å². The first-order valence-corrected chi connectivity index (χ1v) is 8.65. The third-order valence-corrected chi connectivity index (χ3v) is 5.22. The van der Waals surface area contributed by atoms with Crippen LogP contribution in [0.25, 0.3) is 11.3 Å². The lowest BCUT2D eigenvalue weighted by molar-refractivity contribution is 0.163. The molecule has 4 heteroatoms. The Labute approximate surface area is 130 Å². The summed E-state index contributed by atoms with van der Waals surface area (Å²) in [6.45, 7) is 4.73. The van der Waals surface area contributed by atoms with E-state index in [0.717, 1.165) is 36.0 Å². The Hall–Kier alpha value is -1.39. The van der Waals surface area contributed by atoms with Gasteiger partial charge in [-0.1, -0.05) is 18.6 Å². The van der Waals surface area contributed by atoms with Crippen LogP contribution in [0.2, 0.25) is 0 Å². The predicted octanol–water partition coefficient (Wildman–Crippen LogP) is 3.81. The van der Waals surface area contributed by atoms with Gasteiger partial charge >= 0.3 is 0 Å². The summed E-state index contributed by atoms with van der Waals surface area (Å²) in [4.78, 5) is 7.38. The van der Waals surface area contributed by atoms with Crippen LogP contribution in [0.4, 0.5) is 5.69 Å². The molecular formula is C17H23N3S. The summed E-state index contributed by atoms with van der Waals surface area (Å²) in [5.41, 5.74) is 8.75. The standard InChI is InChI=1S/C17H23N3S/c1-13-4-2-3-10-20(13)11-9-17-19-16(12-21-17)14-5-7-15(18)8-6-14/h5-8,12-13H,2-4,9-11,18H2,1H3. The molecule has 0 radical (unpaired) electrons. The maximum atomic E-state index is 5.73. The monoisotopic (exact) mass is 301 g/mol. The molecule has 2 heterocycles. The fourth-order valence-corrected chi connectivity index (χ4v) is 3.74. The zero-order valence-corrected chi connectivity index (χ0v) is 13.4. The molecule has 1 unspecified atom stereocenters. The molecule has 0 aliphatic carbocycles. The number of piperidine rings is 1. The van der Waals surface area contributed by atoms with Crippen molar-refractivity contribution >= 4 is 17.0 Å². The van der Waals surface area contributed by atoms with Crippen LogP contribution in [0.1, 0.15) is 31.2 Å². The van der Waals surface area contributed by atoms with Crippen molar-refractivity contribution in [2.45, 2.75) is 38.6 Å². The molecule has 1 aromatic heterocycles. The van der Waals surface area contributed by atoms with Gasteiger partial charge in [0.05, 0.1) is 10.7 Å². The predicted molar refractivity (Wildman–Crippen MR) is 90.6 cm³/mol. The van der Waals surface area contributed by atoms with Gasteiger partial charge in [-0.2, -0.15) is 0 Å². The number of aromatic nitrogens is 1. The molecule has 1 saturated heterocycles. The van der Waals surface area contributed by atoms with Gasteiger partial charge < -0.3 is 10.6 Å². The fraction of sp³-hybridized carbons (Fsp3) is 0.471. The van der Waals surface area contributed by atoms with E-state index in [1.54, 1.807) is 11.3 Å². The number of anilines is 1. The van der Waals surface area contributed by atoms with Crippen LogP contribution in [-0.2, 0) is 6.42 Å². The second kappa shape index (κ2) is 6.58. The number of thiazole rings is 1. The molecule has 112 valence electrons. The van der Waals surface area contributed by atoms with E-state index < -0.39 is 0 Å². The van der Waals surface area contributed by atoms with Crippen molar-refractivity contribution in [2.24, 2.45) is 0 Å². The topological polar surface area (TPSA) is 42.2 Å².